The average molecular weight is 519 g/mol. The molecule has 0 aliphatic carbocycles. The van der Waals surface area contributed by atoms with Gasteiger partial charge in [0, 0.05) is 10.9 Å². The van der Waals surface area contributed by atoms with E-state index in [0.717, 1.165) is 44.6 Å². The van der Waals surface area contributed by atoms with Crippen molar-refractivity contribution in [1.29, 1.82) is 0 Å². The molecule has 2 heterocycles. The van der Waals surface area contributed by atoms with Crippen molar-refractivity contribution < 1.29 is 4.42 Å². The van der Waals surface area contributed by atoms with Crippen LogP contribution in [0.5, 0.6) is 0 Å². The zero-order chi connectivity index (χ0) is 26.1. The number of fused-ring (bicyclic) bond motifs is 1. The molecular weight excluding hydrogens is 492 g/mol. The molecule has 38 heavy (non-hydrogen) atoms. The second-order valence-electron chi connectivity index (χ2n) is 9.18. The molecule has 0 amide bonds. The number of nitrogen functional groups attached to an aromatic ring is 1. The molecule has 6 rings (SSSR count). The van der Waals surface area contributed by atoms with Crippen molar-refractivity contribution in [1.82, 2.24) is 10.6 Å². The second kappa shape index (κ2) is 10.2. The number of halogens is 1. The first-order valence-corrected chi connectivity index (χ1v) is 12.9. The van der Waals surface area contributed by atoms with E-state index >= 15 is 0 Å². The van der Waals surface area contributed by atoms with Crippen molar-refractivity contribution in [3.05, 3.63) is 142 Å². The largest absolute Gasteiger partial charge is 0.439 e. The normalized spacial score (nSPS) is 17.7. The Morgan fingerprint density at radius 1 is 0.868 bits per heavy atom. The quantitative estimate of drug-likeness (QED) is 0.226. The van der Waals surface area contributed by atoms with E-state index in [1.54, 1.807) is 6.07 Å². The molecule has 2 atom stereocenters. The Hall–Kier alpha value is -4.32. The number of anilines is 1. The van der Waals surface area contributed by atoms with Gasteiger partial charge >= 0.3 is 0 Å². The average Bonchev–Trinajstić information content (AvgIpc) is 3.31. The third-order valence-electron chi connectivity index (χ3n) is 6.83. The number of rotatable bonds is 5. The smallest absolute Gasteiger partial charge is 0.199 e. The molecule has 5 aromatic rings. The number of para-hydroxylation sites is 1. The fourth-order valence-electron chi connectivity index (χ4n) is 4.97. The van der Waals surface area contributed by atoms with Gasteiger partial charge in [-0.1, -0.05) is 115 Å². The van der Waals surface area contributed by atoms with Gasteiger partial charge in [0.25, 0.3) is 0 Å². The summed E-state index contributed by atoms with van der Waals surface area (Å²) in [4.78, 5) is 5.04. The van der Waals surface area contributed by atoms with Gasteiger partial charge in [-0.05, 0) is 35.3 Å². The van der Waals surface area contributed by atoms with Crippen molar-refractivity contribution in [2.75, 3.05) is 5.73 Å². The molecule has 0 radical (unpaired) electrons. The topological polar surface area (TPSA) is 75.6 Å². The molecule has 0 saturated carbocycles. The highest BCUT2D eigenvalue weighted by atomic mass is 35.5. The van der Waals surface area contributed by atoms with Crippen LogP contribution in [0.1, 0.15) is 47.1 Å². The number of furan rings is 1. The summed E-state index contributed by atoms with van der Waals surface area (Å²) in [7, 11) is 0. The van der Waals surface area contributed by atoms with E-state index in [4.69, 9.17) is 26.7 Å². The van der Waals surface area contributed by atoms with Crippen LogP contribution >= 0.6 is 11.6 Å². The Kier molecular flexibility index (Phi) is 6.46. The van der Waals surface area contributed by atoms with E-state index in [9.17, 15) is 0 Å². The number of nitrogens with one attached hydrogen (secondary N) is 2. The molecule has 1 aliphatic heterocycles. The molecule has 188 valence electrons. The maximum atomic E-state index is 6.36. The highest BCUT2D eigenvalue weighted by Gasteiger charge is 2.25. The summed E-state index contributed by atoms with van der Waals surface area (Å²) in [6.45, 7) is 2.00. The maximum Gasteiger partial charge on any atom is 0.199 e. The Balaban J connectivity index is 1.36. The number of nitrogens with two attached hydrogens (primary N) is 1. The van der Waals surface area contributed by atoms with Gasteiger partial charge < -0.3 is 15.5 Å². The highest BCUT2D eigenvalue weighted by Crippen LogP contribution is 2.39. The lowest BCUT2D eigenvalue weighted by Crippen LogP contribution is -2.44. The van der Waals surface area contributed by atoms with Crippen molar-refractivity contribution in [3.8, 4) is 0 Å². The molecule has 6 heteroatoms. The van der Waals surface area contributed by atoms with Crippen LogP contribution in [0.15, 0.2) is 119 Å². The monoisotopic (exact) mass is 518 g/mol. The van der Waals surface area contributed by atoms with Crippen molar-refractivity contribution >= 4 is 39.9 Å². The van der Waals surface area contributed by atoms with Crippen LogP contribution in [-0.4, -0.2) is 5.84 Å². The van der Waals surface area contributed by atoms with Crippen LogP contribution in [0.2, 0.25) is 5.02 Å². The Morgan fingerprint density at radius 2 is 1.55 bits per heavy atom. The number of benzene rings is 4. The van der Waals surface area contributed by atoms with Gasteiger partial charge in [0.05, 0.1) is 10.6 Å². The van der Waals surface area contributed by atoms with Gasteiger partial charge in [0.1, 0.15) is 18.2 Å². The predicted octanol–water partition coefficient (Wildman–Crippen LogP) is 7.46. The molecule has 4 N–H and O–H groups in total. The molecule has 0 saturated heterocycles. The molecule has 4 aromatic carbocycles. The number of aliphatic imine (C=N–C) groups is 1. The molecule has 0 bridgehead atoms. The number of hydrogen-bond acceptors (Lipinski definition) is 5. The molecule has 0 fully saturated rings. The molecule has 2 unspecified atom stereocenters. The lowest BCUT2D eigenvalue weighted by Gasteiger charge is -2.32. The van der Waals surface area contributed by atoms with E-state index in [-0.39, 0.29) is 12.3 Å². The SMILES string of the molecule is C/C=C(/c1ccc(C2=NC(c3ccccc3)NC(c3ccccc3)N2)cc1)c1c(N)oc2c(Cl)cccc12. The molecule has 0 spiro atoms. The number of nitrogens with zero attached hydrogens (tertiary/aromatic N) is 1. The van der Waals surface area contributed by atoms with Crippen molar-refractivity contribution in [2.24, 2.45) is 4.99 Å². The van der Waals surface area contributed by atoms with E-state index in [1.807, 2.05) is 61.5 Å². The van der Waals surface area contributed by atoms with Crippen LogP contribution in [0.4, 0.5) is 5.88 Å². The summed E-state index contributed by atoms with van der Waals surface area (Å²) in [5, 5.41) is 8.66. The van der Waals surface area contributed by atoms with Crippen LogP contribution < -0.4 is 16.4 Å². The van der Waals surface area contributed by atoms with Crippen LogP contribution in [-0.2, 0) is 0 Å². The van der Waals surface area contributed by atoms with E-state index in [2.05, 4.69) is 59.2 Å². The first-order chi connectivity index (χ1) is 18.6. The van der Waals surface area contributed by atoms with Crippen LogP contribution in [0.25, 0.3) is 16.5 Å². The first-order valence-electron chi connectivity index (χ1n) is 12.6. The number of hydrogen-bond donors (Lipinski definition) is 3. The Morgan fingerprint density at radius 3 is 2.24 bits per heavy atom. The number of allylic oxidation sites excluding steroid dienone is 1. The highest BCUT2D eigenvalue weighted by molar-refractivity contribution is 6.35. The molecular formula is C32H27ClN4O. The zero-order valence-corrected chi connectivity index (χ0v) is 21.6. The minimum absolute atomic E-state index is 0.0819. The van der Waals surface area contributed by atoms with Crippen LogP contribution in [0.3, 0.4) is 0 Å². The molecule has 5 nitrogen and oxygen atoms in total. The fourth-order valence-corrected chi connectivity index (χ4v) is 5.19. The summed E-state index contributed by atoms with van der Waals surface area (Å²) in [6.07, 6.45) is 1.79. The molecule has 1 aliphatic rings. The zero-order valence-electron chi connectivity index (χ0n) is 20.9. The summed E-state index contributed by atoms with van der Waals surface area (Å²) >= 11 is 6.36. The van der Waals surface area contributed by atoms with Gasteiger partial charge in [0.2, 0.25) is 0 Å². The second-order valence-corrected chi connectivity index (χ2v) is 9.59. The lowest BCUT2D eigenvalue weighted by atomic mass is 9.95. The summed E-state index contributed by atoms with van der Waals surface area (Å²) in [6, 6.07) is 34.7. The summed E-state index contributed by atoms with van der Waals surface area (Å²) in [5.41, 5.74) is 13.0. The summed E-state index contributed by atoms with van der Waals surface area (Å²) < 4.78 is 5.83. The number of amidine groups is 1. The van der Waals surface area contributed by atoms with E-state index in [1.165, 1.54) is 0 Å². The minimum Gasteiger partial charge on any atom is -0.439 e. The van der Waals surface area contributed by atoms with Crippen molar-refractivity contribution in [2.45, 2.75) is 19.3 Å². The standard InChI is InChI=1S/C32H27ClN4O/c1-2-24(27-25-14-9-15-26(33)28(25)38-29(27)34)20-16-18-23(19-17-20)32-36-30(21-10-5-3-6-11-21)35-31(37-32)22-12-7-4-8-13-22/h2-19,30-31,35H,34H2,1H3,(H,36,37)/b24-2-. The third-order valence-corrected chi connectivity index (χ3v) is 7.13. The minimum atomic E-state index is -0.176. The van der Waals surface area contributed by atoms with Gasteiger partial charge in [-0.3, -0.25) is 5.32 Å². The third kappa shape index (κ3) is 4.47. The van der Waals surface area contributed by atoms with Gasteiger partial charge in [-0.2, -0.15) is 0 Å². The predicted molar refractivity (Wildman–Crippen MR) is 156 cm³/mol. The van der Waals surface area contributed by atoms with Gasteiger partial charge in [-0.15, -0.1) is 0 Å². The van der Waals surface area contributed by atoms with Gasteiger partial charge in [-0.25, -0.2) is 4.99 Å². The van der Waals surface area contributed by atoms with E-state index in [0.29, 0.717) is 16.5 Å². The lowest BCUT2D eigenvalue weighted by molar-refractivity contribution is 0.409. The van der Waals surface area contributed by atoms with Crippen LogP contribution in [0, 0.1) is 0 Å². The first kappa shape index (κ1) is 24.0. The van der Waals surface area contributed by atoms with E-state index < -0.39 is 0 Å². The Labute approximate surface area is 226 Å². The molecule has 1 aromatic heterocycles. The maximum absolute atomic E-state index is 6.36. The fraction of sp³-hybridized carbons (Fsp3) is 0.0938. The van der Waals surface area contributed by atoms with Crippen molar-refractivity contribution in [3.63, 3.8) is 0 Å². The Bertz CT molecular complexity index is 1640. The summed E-state index contributed by atoms with van der Waals surface area (Å²) in [5.74, 6) is 1.19. The van der Waals surface area contributed by atoms with Gasteiger partial charge in [0.15, 0.2) is 11.5 Å².